The van der Waals surface area contributed by atoms with Gasteiger partial charge in [0.1, 0.15) is 11.6 Å². The van der Waals surface area contributed by atoms with Gasteiger partial charge >= 0.3 is 0 Å². The minimum absolute atomic E-state index is 0.101. The molecule has 2 aromatic rings. The summed E-state index contributed by atoms with van der Waals surface area (Å²) in [6.07, 6.45) is 7.73. The van der Waals surface area contributed by atoms with Crippen LogP contribution in [0.5, 0.6) is 0 Å². The number of amides is 1. The van der Waals surface area contributed by atoms with Gasteiger partial charge in [0.15, 0.2) is 6.54 Å². The van der Waals surface area contributed by atoms with Crippen LogP contribution in [-0.4, -0.2) is 28.3 Å². The molecule has 1 fully saturated rings. The molecular formula is C19H24N3O+. The van der Waals surface area contributed by atoms with Gasteiger partial charge < -0.3 is 0 Å². The average molecular weight is 310 g/mol. The van der Waals surface area contributed by atoms with Gasteiger partial charge in [-0.3, -0.25) is 4.79 Å². The summed E-state index contributed by atoms with van der Waals surface area (Å²) >= 11 is 0. The van der Waals surface area contributed by atoms with Crippen molar-refractivity contribution in [3.63, 3.8) is 0 Å². The number of carbonyl (C=O) groups excluding carboxylic acids is 1. The lowest BCUT2D eigenvalue weighted by Gasteiger charge is -2.01. The smallest absolute Gasteiger partial charge is 0.269 e. The van der Waals surface area contributed by atoms with Gasteiger partial charge in [-0.1, -0.05) is 56.9 Å². The van der Waals surface area contributed by atoms with Gasteiger partial charge in [0.05, 0.1) is 5.52 Å². The summed E-state index contributed by atoms with van der Waals surface area (Å²) in [4.78, 5) is 16.7. The van der Waals surface area contributed by atoms with E-state index in [0.29, 0.717) is 0 Å². The Hall–Kier alpha value is -2.23. The molecular weight excluding hydrogens is 286 g/mol. The van der Waals surface area contributed by atoms with Gasteiger partial charge in [0.25, 0.3) is 5.91 Å². The number of fused-ring (bicyclic) bond motifs is 1. The molecule has 1 aromatic heterocycles. The van der Waals surface area contributed by atoms with Crippen LogP contribution in [0.1, 0.15) is 44.7 Å². The number of nitrogens with zero attached hydrogens (tertiary/aromatic N) is 2. The number of hydrogen-bond acceptors (Lipinski definition) is 2. The molecule has 0 bridgehead atoms. The Morgan fingerprint density at radius 3 is 2.96 bits per heavy atom. The van der Waals surface area contributed by atoms with Crippen molar-refractivity contribution in [1.82, 2.24) is 10.4 Å². The van der Waals surface area contributed by atoms with Crippen molar-refractivity contribution in [2.75, 3.05) is 6.54 Å². The lowest BCUT2D eigenvalue weighted by molar-refractivity contribution is -0.556. The number of hydrazine groups is 1. The number of hydrogen-bond donors (Lipinski definition) is 1. The maximum atomic E-state index is 12.1. The predicted octanol–water partition coefficient (Wildman–Crippen LogP) is 3.30. The summed E-state index contributed by atoms with van der Waals surface area (Å²) in [5.41, 5.74) is 4.79. The van der Waals surface area contributed by atoms with Crippen LogP contribution in [0.4, 0.5) is 0 Å². The van der Waals surface area contributed by atoms with Crippen molar-refractivity contribution in [3.8, 4) is 0 Å². The molecule has 1 aliphatic rings. The first-order valence-electron chi connectivity index (χ1n) is 8.54. The van der Waals surface area contributed by atoms with Crippen molar-refractivity contribution in [1.29, 1.82) is 0 Å². The Balaban J connectivity index is 1.66. The number of carbonyl (C=O) groups is 1. The zero-order valence-electron chi connectivity index (χ0n) is 13.7. The van der Waals surface area contributed by atoms with Crippen molar-refractivity contribution < 1.29 is 9.48 Å². The summed E-state index contributed by atoms with van der Waals surface area (Å²) < 4.78 is 1.88. The minimum atomic E-state index is 0.101. The third-order valence-corrected chi connectivity index (χ3v) is 4.36. The molecule has 1 saturated heterocycles. The largest absolute Gasteiger partial charge is 0.283 e. The highest BCUT2D eigenvalue weighted by atomic mass is 16.2. The van der Waals surface area contributed by atoms with Crippen LogP contribution in [0, 0.1) is 5.92 Å². The monoisotopic (exact) mass is 310 g/mol. The van der Waals surface area contributed by atoms with E-state index in [1.165, 1.54) is 19.3 Å². The van der Waals surface area contributed by atoms with E-state index in [9.17, 15) is 4.79 Å². The third-order valence-electron chi connectivity index (χ3n) is 4.36. The number of pyridine rings is 1. The summed E-state index contributed by atoms with van der Waals surface area (Å²) in [6.45, 7) is 2.94. The second-order valence-electron chi connectivity index (χ2n) is 6.23. The average Bonchev–Trinajstić information content (AvgIpc) is 2.91. The second-order valence-corrected chi connectivity index (χ2v) is 6.23. The summed E-state index contributed by atoms with van der Waals surface area (Å²) in [7, 11) is 0. The number of para-hydroxylation sites is 1. The molecule has 1 amide bonds. The molecule has 1 atom stereocenters. The van der Waals surface area contributed by atoms with Crippen LogP contribution in [-0.2, 0) is 4.79 Å². The number of hydrazone groups is 1. The second kappa shape index (κ2) is 7.36. The molecule has 0 radical (unpaired) electrons. The number of aromatic nitrogens is 1. The maximum absolute atomic E-state index is 12.1. The molecule has 4 nitrogen and oxygen atoms in total. The van der Waals surface area contributed by atoms with Crippen LogP contribution in [0.2, 0.25) is 0 Å². The van der Waals surface area contributed by atoms with E-state index < -0.39 is 0 Å². The predicted molar refractivity (Wildman–Crippen MR) is 92.4 cm³/mol. The van der Waals surface area contributed by atoms with Gasteiger partial charge in [-0.2, -0.15) is 0 Å². The fraction of sp³-hybridized carbons (Fsp3) is 0.421. The van der Waals surface area contributed by atoms with Crippen LogP contribution in [0.3, 0.4) is 0 Å². The Labute approximate surface area is 137 Å². The molecule has 1 aliphatic heterocycles. The van der Waals surface area contributed by atoms with Crippen LogP contribution in [0.25, 0.3) is 10.9 Å². The fourth-order valence-corrected chi connectivity index (χ4v) is 3.04. The highest BCUT2D eigenvalue weighted by molar-refractivity contribution is 5.84. The molecule has 0 saturated carbocycles. The quantitative estimate of drug-likeness (QED) is 0.657. The van der Waals surface area contributed by atoms with Crippen molar-refractivity contribution in [2.24, 2.45) is 5.92 Å². The van der Waals surface area contributed by atoms with E-state index in [1.54, 1.807) is 0 Å². The fourth-order valence-electron chi connectivity index (χ4n) is 3.04. The van der Waals surface area contributed by atoms with Gasteiger partial charge in [0, 0.05) is 5.39 Å². The van der Waals surface area contributed by atoms with E-state index in [-0.39, 0.29) is 11.8 Å². The number of unbranched alkanes of at least 4 members (excludes halogenated alkanes) is 3. The van der Waals surface area contributed by atoms with Crippen molar-refractivity contribution in [3.05, 3.63) is 42.1 Å². The summed E-state index contributed by atoms with van der Waals surface area (Å²) in [6, 6.07) is 12.1. The lowest BCUT2D eigenvalue weighted by atomic mass is 10.0. The van der Waals surface area contributed by atoms with E-state index in [0.717, 1.165) is 36.0 Å². The van der Waals surface area contributed by atoms with Crippen molar-refractivity contribution >= 4 is 23.0 Å². The maximum Gasteiger partial charge on any atom is 0.283 e. The molecule has 23 heavy (non-hydrogen) atoms. The minimum Gasteiger partial charge on any atom is -0.269 e. The topological polar surface area (TPSA) is 45.0 Å². The molecule has 1 N–H and O–H groups in total. The lowest BCUT2D eigenvalue weighted by Crippen LogP contribution is -2.26. The Morgan fingerprint density at radius 2 is 2.09 bits per heavy atom. The van der Waals surface area contributed by atoms with Crippen LogP contribution < -0.4 is 5.43 Å². The number of rotatable bonds is 6. The molecule has 3 rings (SSSR count). The molecule has 120 valence electrons. The molecule has 0 aliphatic carbocycles. The van der Waals surface area contributed by atoms with Crippen molar-refractivity contribution in [2.45, 2.75) is 39.0 Å². The SMILES string of the molecule is CCCCCC[C@H]1C/[N+](=C/c2ccc3ccccc3n2)NC1=O. The number of benzene rings is 1. The zero-order valence-corrected chi connectivity index (χ0v) is 13.7. The molecule has 0 unspecified atom stereocenters. The van der Waals surface area contributed by atoms with Gasteiger partial charge in [-0.25, -0.2) is 4.98 Å². The first kappa shape index (κ1) is 15.7. The van der Waals surface area contributed by atoms with E-state index in [2.05, 4.69) is 29.5 Å². The standard InChI is InChI=1S/C19H23N3O/c1-2-3-4-5-9-16-13-22(21-19(16)23)14-17-12-11-15-8-6-7-10-18(15)20-17/h6-8,10-12,14,16H,2-5,9,13H2,1H3/p+1/t16-/m0/s1. The molecule has 2 heterocycles. The Bertz CT molecular complexity index is 723. The van der Waals surface area contributed by atoms with Gasteiger partial charge in [-0.05, 0) is 18.6 Å². The zero-order chi connectivity index (χ0) is 16.1. The van der Waals surface area contributed by atoms with Gasteiger partial charge in [-0.15, -0.1) is 10.1 Å². The molecule has 4 heteroatoms. The first-order valence-corrected chi connectivity index (χ1v) is 8.54. The van der Waals surface area contributed by atoms with E-state index in [1.807, 2.05) is 35.2 Å². The highest BCUT2D eigenvalue weighted by Gasteiger charge is 2.33. The van der Waals surface area contributed by atoms with E-state index in [4.69, 9.17) is 0 Å². The highest BCUT2D eigenvalue weighted by Crippen LogP contribution is 2.15. The molecule has 0 spiro atoms. The van der Waals surface area contributed by atoms with Gasteiger partial charge in [0.2, 0.25) is 6.21 Å². The van der Waals surface area contributed by atoms with Crippen LogP contribution >= 0.6 is 0 Å². The first-order chi connectivity index (χ1) is 11.3. The van der Waals surface area contributed by atoms with E-state index >= 15 is 0 Å². The summed E-state index contributed by atoms with van der Waals surface area (Å²) in [5.74, 6) is 0.238. The Kier molecular flexibility index (Phi) is 5.01. The van der Waals surface area contributed by atoms with Crippen LogP contribution in [0.15, 0.2) is 36.4 Å². The third kappa shape index (κ3) is 3.95. The molecule has 1 aromatic carbocycles. The number of nitrogens with one attached hydrogen (secondary N) is 1. The normalized spacial score (nSPS) is 19.4. The summed E-state index contributed by atoms with van der Waals surface area (Å²) in [5, 5.41) is 1.13. The Morgan fingerprint density at radius 1 is 1.22 bits per heavy atom.